The Bertz CT molecular complexity index is 562. The minimum absolute atomic E-state index is 0.0171. The molecule has 0 saturated heterocycles. The maximum atomic E-state index is 12.5. The molecule has 4 nitrogen and oxygen atoms in total. The van der Waals surface area contributed by atoms with Crippen molar-refractivity contribution in [3.05, 3.63) is 15.8 Å². The summed E-state index contributed by atoms with van der Waals surface area (Å²) in [5.41, 5.74) is 0. The van der Waals surface area contributed by atoms with E-state index < -0.39 is 10.0 Å². The molecule has 1 heterocycles. The van der Waals surface area contributed by atoms with E-state index in [9.17, 15) is 8.42 Å². The number of rotatable bonds is 9. The fraction of sp³-hybridized carbons (Fsp3) is 0.733. The minimum Gasteiger partial charge on any atom is -0.312 e. The van der Waals surface area contributed by atoms with E-state index in [1.165, 1.54) is 12.8 Å². The van der Waals surface area contributed by atoms with Crippen LogP contribution in [-0.4, -0.2) is 21.0 Å². The lowest BCUT2D eigenvalue weighted by molar-refractivity contribution is 0.530. The smallest absolute Gasteiger partial charge is 0.241 e. The summed E-state index contributed by atoms with van der Waals surface area (Å²) >= 11 is 1.56. The molecule has 1 aromatic heterocycles. The number of hydrogen-bond acceptors (Lipinski definition) is 4. The van der Waals surface area contributed by atoms with Crippen LogP contribution in [0.25, 0.3) is 0 Å². The summed E-state index contributed by atoms with van der Waals surface area (Å²) < 4.78 is 27.8. The molecule has 1 aromatic rings. The van der Waals surface area contributed by atoms with Crippen LogP contribution < -0.4 is 10.0 Å². The van der Waals surface area contributed by atoms with Crippen molar-refractivity contribution >= 4 is 21.4 Å². The molecule has 2 rings (SSSR count). The first kappa shape index (κ1) is 16.9. The molecule has 1 aliphatic rings. The number of aryl methyl sites for hydroxylation is 1. The molecule has 120 valence electrons. The Morgan fingerprint density at radius 1 is 1.43 bits per heavy atom. The van der Waals surface area contributed by atoms with Crippen molar-refractivity contribution < 1.29 is 8.42 Å². The molecule has 21 heavy (non-hydrogen) atoms. The van der Waals surface area contributed by atoms with Gasteiger partial charge in [-0.15, -0.1) is 11.3 Å². The summed E-state index contributed by atoms with van der Waals surface area (Å²) in [5, 5.41) is 3.31. The molecule has 6 heteroatoms. The van der Waals surface area contributed by atoms with Gasteiger partial charge in [-0.1, -0.05) is 19.8 Å². The van der Waals surface area contributed by atoms with Gasteiger partial charge >= 0.3 is 0 Å². The Morgan fingerprint density at radius 3 is 2.76 bits per heavy atom. The topological polar surface area (TPSA) is 58.2 Å². The van der Waals surface area contributed by atoms with Crippen LogP contribution in [0.5, 0.6) is 0 Å². The van der Waals surface area contributed by atoms with E-state index in [0.717, 1.165) is 41.6 Å². The zero-order valence-electron chi connectivity index (χ0n) is 13.1. The third-order valence-corrected chi connectivity index (χ3v) is 6.57. The molecule has 1 unspecified atom stereocenters. The van der Waals surface area contributed by atoms with Crippen LogP contribution in [0.15, 0.2) is 11.0 Å². The first-order chi connectivity index (χ1) is 9.92. The lowest BCUT2D eigenvalue weighted by Crippen LogP contribution is -2.33. The molecule has 0 spiro atoms. The van der Waals surface area contributed by atoms with Gasteiger partial charge in [-0.25, -0.2) is 13.1 Å². The van der Waals surface area contributed by atoms with Gasteiger partial charge in [-0.3, -0.25) is 0 Å². The molecular weight excluding hydrogens is 304 g/mol. The molecular formula is C15H26N2O2S2. The lowest BCUT2D eigenvalue weighted by Gasteiger charge is -2.13. The van der Waals surface area contributed by atoms with Gasteiger partial charge in [0.05, 0.1) is 4.90 Å². The Morgan fingerprint density at radius 2 is 2.14 bits per heavy atom. The number of thiophene rings is 1. The van der Waals surface area contributed by atoms with E-state index in [2.05, 4.69) is 17.0 Å². The zero-order chi connectivity index (χ0) is 15.5. The Kier molecular flexibility index (Phi) is 5.82. The number of sulfonamides is 1. The quantitative estimate of drug-likeness (QED) is 0.684. The average Bonchev–Trinajstić information content (AvgIpc) is 3.10. The first-order valence-corrected chi connectivity index (χ1v) is 10.0. The molecule has 1 fully saturated rings. The van der Waals surface area contributed by atoms with E-state index in [-0.39, 0.29) is 6.04 Å². The van der Waals surface area contributed by atoms with Crippen molar-refractivity contribution in [2.45, 2.75) is 63.9 Å². The predicted molar refractivity (Wildman–Crippen MR) is 88.2 cm³/mol. The normalized spacial score (nSPS) is 17.1. The Balaban J connectivity index is 2.00. The second kappa shape index (κ2) is 7.22. The summed E-state index contributed by atoms with van der Waals surface area (Å²) in [4.78, 5) is 2.40. The summed E-state index contributed by atoms with van der Waals surface area (Å²) in [6.07, 6.45) is 4.52. The van der Waals surface area contributed by atoms with Crippen LogP contribution >= 0.6 is 11.3 Å². The second-order valence-electron chi connectivity index (χ2n) is 6.01. The van der Waals surface area contributed by atoms with Crippen molar-refractivity contribution in [3.63, 3.8) is 0 Å². The number of nitrogens with one attached hydrogen (secondary N) is 2. The summed E-state index contributed by atoms with van der Waals surface area (Å²) in [7, 11) is -3.39. The van der Waals surface area contributed by atoms with Gasteiger partial charge in [0, 0.05) is 22.3 Å². The van der Waals surface area contributed by atoms with Gasteiger partial charge in [0.2, 0.25) is 10.0 Å². The lowest BCUT2D eigenvalue weighted by atomic mass is 10.2. The van der Waals surface area contributed by atoms with Crippen LogP contribution in [0.4, 0.5) is 0 Å². The molecule has 1 atom stereocenters. The van der Waals surface area contributed by atoms with Crippen molar-refractivity contribution in [2.24, 2.45) is 5.92 Å². The van der Waals surface area contributed by atoms with Crippen LogP contribution in [-0.2, 0) is 16.6 Å². The van der Waals surface area contributed by atoms with Gasteiger partial charge in [-0.2, -0.15) is 0 Å². The van der Waals surface area contributed by atoms with Crippen LogP contribution in [0.3, 0.4) is 0 Å². The maximum absolute atomic E-state index is 12.5. The summed E-state index contributed by atoms with van der Waals surface area (Å²) in [5.74, 6) is 0.722. The van der Waals surface area contributed by atoms with Crippen LogP contribution in [0.1, 0.15) is 49.3 Å². The molecule has 2 N–H and O–H groups in total. The van der Waals surface area contributed by atoms with E-state index in [1.54, 1.807) is 11.3 Å². The second-order valence-corrected chi connectivity index (χ2v) is 9.03. The van der Waals surface area contributed by atoms with Crippen LogP contribution in [0.2, 0.25) is 0 Å². The zero-order valence-corrected chi connectivity index (χ0v) is 14.7. The fourth-order valence-corrected chi connectivity index (χ4v) is 5.36. The van der Waals surface area contributed by atoms with Gasteiger partial charge in [0.25, 0.3) is 0 Å². The van der Waals surface area contributed by atoms with Crippen molar-refractivity contribution in [1.29, 1.82) is 0 Å². The third-order valence-electron chi connectivity index (χ3n) is 3.68. The average molecular weight is 331 g/mol. The van der Waals surface area contributed by atoms with Crippen molar-refractivity contribution in [2.75, 3.05) is 6.54 Å². The minimum atomic E-state index is -3.39. The van der Waals surface area contributed by atoms with Crippen LogP contribution in [0, 0.1) is 12.8 Å². The predicted octanol–water partition coefficient (Wildman–Crippen LogP) is 3.02. The van der Waals surface area contributed by atoms with Gasteiger partial charge in [-0.05, 0) is 45.2 Å². The summed E-state index contributed by atoms with van der Waals surface area (Å²) in [6, 6.07) is 1.83. The van der Waals surface area contributed by atoms with E-state index in [1.807, 2.05) is 19.9 Å². The molecule has 0 amide bonds. The van der Waals surface area contributed by atoms with E-state index in [4.69, 9.17) is 0 Å². The molecule has 1 saturated carbocycles. The maximum Gasteiger partial charge on any atom is 0.241 e. The Labute approximate surface area is 132 Å². The SMILES string of the molecule is CCCNCc1cc(S(=O)(=O)NC(C)CC2CC2)c(C)s1. The third kappa shape index (κ3) is 5.06. The molecule has 1 aliphatic carbocycles. The molecule has 0 bridgehead atoms. The monoisotopic (exact) mass is 330 g/mol. The summed E-state index contributed by atoms with van der Waals surface area (Å²) in [6.45, 7) is 7.66. The van der Waals surface area contributed by atoms with Gasteiger partial charge in [0.1, 0.15) is 0 Å². The molecule has 0 radical (unpaired) electrons. The fourth-order valence-electron chi connectivity index (χ4n) is 2.50. The van der Waals surface area contributed by atoms with E-state index in [0.29, 0.717) is 4.90 Å². The van der Waals surface area contributed by atoms with E-state index >= 15 is 0 Å². The van der Waals surface area contributed by atoms with Crippen molar-refractivity contribution in [3.8, 4) is 0 Å². The van der Waals surface area contributed by atoms with Crippen molar-refractivity contribution in [1.82, 2.24) is 10.0 Å². The standard InChI is InChI=1S/C15H26N2O2S2/c1-4-7-16-10-14-9-15(12(3)20-14)21(18,19)17-11(2)8-13-5-6-13/h9,11,13,16-17H,4-8,10H2,1-3H3. The Hall–Kier alpha value is -0.430. The largest absolute Gasteiger partial charge is 0.312 e. The first-order valence-electron chi connectivity index (χ1n) is 7.74. The highest BCUT2D eigenvalue weighted by Crippen LogP contribution is 2.34. The number of hydrogen-bond donors (Lipinski definition) is 2. The molecule has 0 aromatic carbocycles. The van der Waals surface area contributed by atoms with Gasteiger partial charge in [0.15, 0.2) is 0 Å². The van der Waals surface area contributed by atoms with Gasteiger partial charge < -0.3 is 5.32 Å². The highest BCUT2D eigenvalue weighted by Gasteiger charge is 2.27. The highest BCUT2D eigenvalue weighted by molar-refractivity contribution is 7.89. The molecule has 0 aliphatic heterocycles. The highest BCUT2D eigenvalue weighted by atomic mass is 32.2.